The van der Waals surface area contributed by atoms with Crippen molar-refractivity contribution in [1.82, 2.24) is 10.3 Å². The van der Waals surface area contributed by atoms with Gasteiger partial charge in [-0.25, -0.2) is 4.39 Å². The number of hydrogen-bond acceptors (Lipinski definition) is 3. The summed E-state index contributed by atoms with van der Waals surface area (Å²) in [6, 6.07) is 11.0. The fourth-order valence-corrected chi connectivity index (χ4v) is 2.40. The Balaban J connectivity index is 1.75. The minimum Gasteiger partial charge on any atom is -0.497 e. The number of fused-ring (bicyclic) bond motifs is 1. The molecule has 2 aromatic carbocycles. The molecule has 0 spiro atoms. The predicted octanol–water partition coefficient (Wildman–Crippen LogP) is 2.81. The molecule has 5 nitrogen and oxygen atoms in total. The average molecular weight is 326 g/mol. The van der Waals surface area contributed by atoms with Crippen molar-refractivity contribution < 1.29 is 18.7 Å². The van der Waals surface area contributed by atoms with Crippen molar-refractivity contribution in [2.24, 2.45) is 0 Å². The molecule has 0 radical (unpaired) electrons. The van der Waals surface area contributed by atoms with E-state index in [-0.39, 0.29) is 17.9 Å². The fourth-order valence-electron chi connectivity index (χ4n) is 2.40. The Morgan fingerprint density at radius 1 is 1.17 bits per heavy atom. The SMILES string of the molecule is COc1ccc2[nH]cc(C(=O)C(=O)NCc3ccc(F)cc3)c2c1. The van der Waals surface area contributed by atoms with E-state index in [0.29, 0.717) is 16.7 Å². The maximum absolute atomic E-state index is 12.9. The molecule has 0 saturated carbocycles. The number of carbonyl (C=O) groups is 2. The molecule has 1 amide bonds. The Bertz CT molecular complexity index is 900. The van der Waals surface area contributed by atoms with Gasteiger partial charge in [-0.2, -0.15) is 0 Å². The summed E-state index contributed by atoms with van der Waals surface area (Å²) in [4.78, 5) is 27.4. The number of aromatic nitrogens is 1. The topological polar surface area (TPSA) is 71.2 Å². The van der Waals surface area contributed by atoms with Gasteiger partial charge in [0.1, 0.15) is 11.6 Å². The minimum absolute atomic E-state index is 0.149. The van der Waals surface area contributed by atoms with Gasteiger partial charge in [0.15, 0.2) is 0 Å². The second-order valence-corrected chi connectivity index (χ2v) is 5.25. The van der Waals surface area contributed by atoms with Crippen LogP contribution in [0.5, 0.6) is 5.75 Å². The van der Waals surface area contributed by atoms with Gasteiger partial charge in [0.2, 0.25) is 0 Å². The van der Waals surface area contributed by atoms with Crippen LogP contribution < -0.4 is 10.1 Å². The number of nitrogens with one attached hydrogen (secondary N) is 2. The second-order valence-electron chi connectivity index (χ2n) is 5.25. The van der Waals surface area contributed by atoms with Crippen molar-refractivity contribution in [3.63, 3.8) is 0 Å². The minimum atomic E-state index is -0.719. The number of carbonyl (C=O) groups excluding carboxylic acids is 2. The van der Waals surface area contributed by atoms with Gasteiger partial charge < -0.3 is 15.0 Å². The number of aromatic amines is 1. The van der Waals surface area contributed by atoms with E-state index >= 15 is 0 Å². The van der Waals surface area contributed by atoms with Gasteiger partial charge >= 0.3 is 0 Å². The van der Waals surface area contributed by atoms with Gasteiger partial charge in [0, 0.05) is 23.6 Å². The third kappa shape index (κ3) is 3.12. The number of Topliss-reactive ketones (excluding diaryl/α,β-unsaturated/α-hetero) is 1. The standard InChI is InChI=1S/C18H15FN2O3/c1-24-13-6-7-16-14(8-13)15(10-20-16)17(22)18(23)21-9-11-2-4-12(19)5-3-11/h2-8,10,20H,9H2,1H3,(H,21,23). The van der Waals surface area contributed by atoms with E-state index in [1.54, 1.807) is 30.3 Å². The van der Waals surface area contributed by atoms with Crippen LogP contribution >= 0.6 is 0 Å². The molecule has 0 aliphatic carbocycles. The molecule has 0 aliphatic rings. The first kappa shape index (κ1) is 15.7. The summed E-state index contributed by atoms with van der Waals surface area (Å²) in [5, 5.41) is 3.17. The molecule has 3 rings (SSSR count). The molecule has 0 fully saturated rings. The zero-order valence-corrected chi connectivity index (χ0v) is 12.9. The lowest BCUT2D eigenvalue weighted by Crippen LogP contribution is -2.30. The molecule has 1 heterocycles. The first-order valence-corrected chi connectivity index (χ1v) is 7.30. The van der Waals surface area contributed by atoms with E-state index in [9.17, 15) is 14.0 Å². The quantitative estimate of drug-likeness (QED) is 0.559. The number of halogens is 1. The number of ketones is 1. The number of hydrogen-bond donors (Lipinski definition) is 2. The fraction of sp³-hybridized carbons (Fsp3) is 0.111. The molecular formula is C18H15FN2O3. The van der Waals surface area contributed by atoms with Crippen LogP contribution in [0.1, 0.15) is 15.9 Å². The summed E-state index contributed by atoms with van der Waals surface area (Å²) in [5.74, 6) is -1.11. The van der Waals surface area contributed by atoms with E-state index in [0.717, 1.165) is 5.52 Å². The van der Waals surface area contributed by atoms with Crippen LogP contribution in [0, 0.1) is 5.82 Å². The largest absolute Gasteiger partial charge is 0.497 e. The number of methoxy groups -OCH3 is 1. The number of ether oxygens (including phenoxy) is 1. The van der Waals surface area contributed by atoms with Gasteiger partial charge in [-0.1, -0.05) is 12.1 Å². The third-order valence-electron chi connectivity index (χ3n) is 3.71. The molecule has 0 atom stereocenters. The molecule has 24 heavy (non-hydrogen) atoms. The van der Waals surface area contributed by atoms with E-state index in [2.05, 4.69) is 10.3 Å². The number of benzene rings is 2. The van der Waals surface area contributed by atoms with Crippen LogP contribution in [0.4, 0.5) is 4.39 Å². The Morgan fingerprint density at radius 3 is 2.62 bits per heavy atom. The first-order chi connectivity index (χ1) is 11.6. The van der Waals surface area contributed by atoms with Crippen LogP contribution in [0.25, 0.3) is 10.9 Å². The van der Waals surface area contributed by atoms with Crippen molar-refractivity contribution in [2.45, 2.75) is 6.54 Å². The van der Waals surface area contributed by atoms with E-state index in [4.69, 9.17) is 4.74 Å². The number of amides is 1. The lowest BCUT2D eigenvalue weighted by atomic mass is 10.1. The number of H-pyrrole nitrogens is 1. The van der Waals surface area contributed by atoms with Crippen LogP contribution in [0.15, 0.2) is 48.7 Å². The second kappa shape index (κ2) is 6.54. The maximum atomic E-state index is 12.9. The van der Waals surface area contributed by atoms with Crippen molar-refractivity contribution in [2.75, 3.05) is 7.11 Å². The highest BCUT2D eigenvalue weighted by Gasteiger charge is 2.20. The lowest BCUT2D eigenvalue weighted by molar-refractivity contribution is -0.117. The highest BCUT2D eigenvalue weighted by molar-refractivity contribution is 6.44. The van der Waals surface area contributed by atoms with Gasteiger partial charge in [-0.05, 0) is 35.9 Å². The summed E-state index contributed by atoms with van der Waals surface area (Å²) in [7, 11) is 1.53. The summed E-state index contributed by atoms with van der Waals surface area (Å²) in [6.07, 6.45) is 1.50. The molecule has 0 bridgehead atoms. The molecule has 6 heteroatoms. The highest BCUT2D eigenvalue weighted by Crippen LogP contribution is 2.24. The molecule has 2 N–H and O–H groups in total. The normalized spacial score (nSPS) is 10.6. The molecule has 0 saturated heterocycles. The summed E-state index contributed by atoms with van der Waals surface area (Å²) >= 11 is 0. The summed E-state index contributed by atoms with van der Waals surface area (Å²) < 4.78 is 18.0. The molecule has 3 aromatic rings. The first-order valence-electron chi connectivity index (χ1n) is 7.30. The van der Waals surface area contributed by atoms with E-state index in [1.807, 2.05) is 0 Å². The monoisotopic (exact) mass is 326 g/mol. The van der Waals surface area contributed by atoms with Crippen molar-refractivity contribution in [1.29, 1.82) is 0 Å². The molecular weight excluding hydrogens is 311 g/mol. The van der Waals surface area contributed by atoms with E-state index in [1.165, 1.54) is 25.4 Å². The van der Waals surface area contributed by atoms with Crippen LogP contribution in [0.3, 0.4) is 0 Å². The van der Waals surface area contributed by atoms with Gasteiger partial charge in [0.25, 0.3) is 11.7 Å². The average Bonchev–Trinajstić information content (AvgIpc) is 3.03. The Morgan fingerprint density at radius 2 is 1.92 bits per heavy atom. The van der Waals surface area contributed by atoms with Gasteiger partial charge in [0.05, 0.1) is 12.7 Å². The smallest absolute Gasteiger partial charge is 0.292 e. The highest BCUT2D eigenvalue weighted by atomic mass is 19.1. The molecule has 0 unspecified atom stereocenters. The molecule has 0 aliphatic heterocycles. The molecule has 122 valence electrons. The zero-order valence-electron chi connectivity index (χ0n) is 12.9. The van der Waals surface area contributed by atoms with Crippen LogP contribution in [0.2, 0.25) is 0 Å². The number of rotatable bonds is 5. The molecule has 1 aromatic heterocycles. The predicted molar refractivity (Wildman–Crippen MR) is 87.4 cm³/mol. The summed E-state index contributed by atoms with van der Waals surface area (Å²) in [5.41, 5.74) is 1.73. The van der Waals surface area contributed by atoms with Gasteiger partial charge in [-0.3, -0.25) is 9.59 Å². The Labute approximate surface area is 137 Å². The third-order valence-corrected chi connectivity index (χ3v) is 3.71. The van der Waals surface area contributed by atoms with Gasteiger partial charge in [-0.15, -0.1) is 0 Å². The van der Waals surface area contributed by atoms with Crippen LogP contribution in [-0.4, -0.2) is 23.8 Å². The van der Waals surface area contributed by atoms with Crippen molar-refractivity contribution >= 4 is 22.6 Å². The zero-order chi connectivity index (χ0) is 17.1. The summed E-state index contributed by atoms with van der Waals surface area (Å²) in [6.45, 7) is 0.149. The Kier molecular flexibility index (Phi) is 4.29. The van der Waals surface area contributed by atoms with E-state index < -0.39 is 11.7 Å². The van der Waals surface area contributed by atoms with Crippen LogP contribution in [-0.2, 0) is 11.3 Å². The lowest BCUT2D eigenvalue weighted by Gasteiger charge is -2.05. The van der Waals surface area contributed by atoms with Crippen molar-refractivity contribution in [3.8, 4) is 5.75 Å². The maximum Gasteiger partial charge on any atom is 0.292 e. The Hall–Kier alpha value is -3.15. The van der Waals surface area contributed by atoms with Crippen molar-refractivity contribution in [3.05, 3.63) is 65.6 Å².